The number of halogens is 1. The van der Waals surface area contributed by atoms with Crippen LogP contribution in [0.15, 0.2) is 24.4 Å². The van der Waals surface area contributed by atoms with E-state index >= 15 is 0 Å². The highest BCUT2D eigenvalue weighted by Gasteiger charge is 2.19. The molecular formula is C13H13FN2O4. The Kier molecular flexibility index (Phi) is 3.88. The minimum atomic E-state index is -1.23. The minimum Gasteiger partial charge on any atom is -0.497 e. The highest BCUT2D eigenvalue weighted by molar-refractivity contribution is 5.88. The number of alkyl halides is 1. The quantitative estimate of drug-likeness (QED) is 0.907. The molecule has 2 aromatic rings. The van der Waals surface area contributed by atoms with Gasteiger partial charge in [0.15, 0.2) is 0 Å². The number of hydrogen-bond acceptors (Lipinski definition) is 4. The summed E-state index contributed by atoms with van der Waals surface area (Å²) in [5.74, 6) is -0.274. The molecule has 6 nitrogen and oxygen atoms in total. The topological polar surface area (TPSA) is 73.6 Å². The zero-order valence-electron chi connectivity index (χ0n) is 11.0. The molecule has 0 bridgehead atoms. The van der Waals surface area contributed by atoms with Gasteiger partial charge in [0.2, 0.25) is 0 Å². The third kappa shape index (κ3) is 2.29. The Morgan fingerprint density at radius 2 is 2.15 bits per heavy atom. The molecule has 0 saturated carbocycles. The maximum atomic E-state index is 13.1. The molecule has 0 atom stereocenters. The van der Waals surface area contributed by atoms with E-state index in [1.807, 2.05) is 0 Å². The van der Waals surface area contributed by atoms with E-state index < -0.39 is 12.6 Å². The van der Waals surface area contributed by atoms with Gasteiger partial charge >= 0.3 is 5.97 Å². The maximum Gasteiger partial charge on any atom is 0.339 e. The van der Waals surface area contributed by atoms with Gasteiger partial charge < -0.3 is 14.6 Å². The number of hydrogen-bond donors (Lipinski definition) is 1. The number of aromatic carboxylic acids is 1. The summed E-state index contributed by atoms with van der Waals surface area (Å²) in [7, 11) is 2.95. The lowest BCUT2D eigenvalue weighted by Gasteiger charge is -2.12. The van der Waals surface area contributed by atoms with Crippen LogP contribution in [0.2, 0.25) is 0 Å². The summed E-state index contributed by atoms with van der Waals surface area (Å²) in [4.78, 5) is 11.0. The summed E-state index contributed by atoms with van der Waals surface area (Å²) >= 11 is 0. The fourth-order valence-corrected chi connectivity index (χ4v) is 1.85. The molecule has 7 heteroatoms. The van der Waals surface area contributed by atoms with E-state index in [9.17, 15) is 9.18 Å². The molecule has 0 aliphatic carbocycles. The molecule has 20 heavy (non-hydrogen) atoms. The molecular weight excluding hydrogens is 267 g/mol. The number of benzene rings is 1. The lowest BCUT2D eigenvalue weighted by atomic mass is 10.2. The van der Waals surface area contributed by atoms with Crippen LogP contribution in [0.5, 0.6) is 11.5 Å². The third-order valence-electron chi connectivity index (χ3n) is 2.84. The first kappa shape index (κ1) is 13.9. The van der Waals surface area contributed by atoms with Crippen molar-refractivity contribution in [2.45, 2.75) is 6.67 Å². The van der Waals surface area contributed by atoms with E-state index in [1.165, 1.54) is 18.9 Å². The molecule has 2 rings (SSSR count). The second-order valence-electron chi connectivity index (χ2n) is 3.89. The van der Waals surface area contributed by atoms with Crippen molar-refractivity contribution in [2.75, 3.05) is 14.2 Å². The van der Waals surface area contributed by atoms with Crippen molar-refractivity contribution in [2.24, 2.45) is 0 Å². The molecule has 1 aromatic carbocycles. The van der Waals surface area contributed by atoms with Gasteiger partial charge in [-0.3, -0.25) is 0 Å². The van der Waals surface area contributed by atoms with Crippen molar-refractivity contribution in [3.63, 3.8) is 0 Å². The highest BCUT2D eigenvalue weighted by atomic mass is 19.1. The lowest BCUT2D eigenvalue weighted by molar-refractivity contribution is 0.0694. The molecule has 0 radical (unpaired) electrons. The largest absolute Gasteiger partial charge is 0.497 e. The molecule has 0 aliphatic rings. The summed E-state index contributed by atoms with van der Waals surface area (Å²) in [5.41, 5.74) is 0.174. The smallest absolute Gasteiger partial charge is 0.339 e. The standard InChI is InChI=1S/C13H13FN2O4/c1-19-8-3-4-12(20-2)10(5-8)16-11(6-14)9(7-15-16)13(17)18/h3-5,7H,6H2,1-2H3,(H,17,18). The average Bonchev–Trinajstić information content (AvgIpc) is 2.90. The van der Waals surface area contributed by atoms with Crippen LogP contribution < -0.4 is 9.47 Å². The Balaban J connectivity index is 2.64. The normalized spacial score (nSPS) is 10.3. The van der Waals surface area contributed by atoms with Crippen molar-refractivity contribution in [1.82, 2.24) is 9.78 Å². The van der Waals surface area contributed by atoms with Crippen LogP contribution in [-0.2, 0) is 6.67 Å². The Morgan fingerprint density at radius 1 is 1.40 bits per heavy atom. The second kappa shape index (κ2) is 5.60. The first-order valence-electron chi connectivity index (χ1n) is 5.71. The zero-order chi connectivity index (χ0) is 14.7. The number of methoxy groups -OCH3 is 2. The Morgan fingerprint density at radius 3 is 2.70 bits per heavy atom. The van der Waals surface area contributed by atoms with E-state index in [4.69, 9.17) is 14.6 Å². The van der Waals surface area contributed by atoms with Gasteiger partial charge in [-0.25, -0.2) is 13.9 Å². The average molecular weight is 280 g/mol. The van der Waals surface area contributed by atoms with Crippen LogP contribution in [0, 0.1) is 0 Å². The maximum absolute atomic E-state index is 13.1. The number of carboxylic acids is 1. The summed E-state index contributed by atoms with van der Waals surface area (Å²) in [6.07, 6.45) is 1.11. The molecule has 0 unspecified atom stereocenters. The fraction of sp³-hybridized carbons (Fsp3) is 0.231. The molecule has 106 valence electrons. The van der Waals surface area contributed by atoms with Gasteiger partial charge in [0, 0.05) is 6.07 Å². The van der Waals surface area contributed by atoms with Gasteiger partial charge in [-0.15, -0.1) is 0 Å². The van der Waals surface area contributed by atoms with Crippen molar-refractivity contribution in [1.29, 1.82) is 0 Å². The summed E-state index contributed by atoms with van der Waals surface area (Å²) in [6, 6.07) is 4.91. The predicted octanol–water partition coefficient (Wildman–Crippen LogP) is 2.06. The number of carboxylic acid groups (broad SMARTS) is 1. The second-order valence-corrected chi connectivity index (χ2v) is 3.89. The zero-order valence-corrected chi connectivity index (χ0v) is 11.0. The van der Waals surface area contributed by atoms with E-state index in [2.05, 4.69) is 5.10 Å². The summed E-state index contributed by atoms with van der Waals surface area (Å²) < 4.78 is 24.6. The fourth-order valence-electron chi connectivity index (χ4n) is 1.85. The molecule has 1 aromatic heterocycles. The van der Waals surface area contributed by atoms with Gasteiger partial charge in [0.25, 0.3) is 0 Å². The monoisotopic (exact) mass is 280 g/mol. The number of aromatic nitrogens is 2. The van der Waals surface area contributed by atoms with Crippen LogP contribution in [0.4, 0.5) is 4.39 Å². The van der Waals surface area contributed by atoms with Crippen LogP contribution in [0.3, 0.4) is 0 Å². The number of ether oxygens (including phenoxy) is 2. The van der Waals surface area contributed by atoms with Gasteiger partial charge in [0.05, 0.1) is 26.1 Å². The van der Waals surface area contributed by atoms with Crippen LogP contribution in [0.1, 0.15) is 16.1 Å². The number of carbonyl (C=O) groups is 1. The van der Waals surface area contributed by atoms with Crippen LogP contribution >= 0.6 is 0 Å². The Hall–Kier alpha value is -2.57. The molecule has 0 fully saturated rings. The van der Waals surface area contributed by atoms with Crippen molar-refractivity contribution >= 4 is 5.97 Å². The molecule has 0 amide bonds. The SMILES string of the molecule is COc1ccc(OC)c(-n2ncc(C(=O)O)c2CF)c1. The van der Waals surface area contributed by atoms with Crippen molar-refractivity contribution in [3.8, 4) is 17.2 Å². The molecule has 0 spiro atoms. The Labute approximate surface area is 114 Å². The first-order chi connectivity index (χ1) is 9.62. The molecule has 0 aliphatic heterocycles. The van der Waals surface area contributed by atoms with Crippen molar-refractivity contribution in [3.05, 3.63) is 35.7 Å². The van der Waals surface area contributed by atoms with Gasteiger partial charge in [-0.1, -0.05) is 0 Å². The van der Waals surface area contributed by atoms with E-state index in [-0.39, 0.29) is 11.3 Å². The van der Waals surface area contributed by atoms with Crippen molar-refractivity contribution < 1.29 is 23.8 Å². The predicted molar refractivity (Wildman–Crippen MR) is 68.4 cm³/mol. The van der Waals surface area contributed by atoms with Gasteiger partial charge in [-0.2, -0.15) is 5.10 Å². The Bertz CT molecular complexity index is 639. The van der Waals surface area contributed by atoms with E-state index in [1.54, 1.807) is 18.2 Å². The molecule has 1 N–H and O–H groups in total. The third-order valence-corrected chi connectivity index (χ3v) is 2.84. The molecule has 0 saturated heterocycles. The van der Waals surface area contributed by atoms with Gasteiger partial charge in [0.1, 0.15) is 29.4 Å². The van der Waals surface area contributed by atoms with Crippen LogP contribution in [0.25, 0.3) is 5.69 Å². The molecule has 1 heterocycles. The summed E-state index contributed by atoms with van der Waals surface area (Å²) in [6.45, 7) is -0.956. The number of rotatable bonds is 5. The minimum absolute atomic E-state index is 0.0518. The van der Waals surface area contributed by atoms with Crippen LogP contribution in [-0.4, -0.2) is 35.1 Å². The highest BCUT2D eigenvalue weighted by Crippen LogP contribution is 2.29. The summed E-state index contributed by atoms with van der Waals surface area (Å²) in [5, 5.41) is 12.9. The van der Waals surface area contributed by atoms with E-state index in [0.717, 1.165) is 6.20 Å². The number of nitrogens with zero attached hydrogens (tertiary/aromatic N) is 2. The first-order valence-corrected chi connectivity index (χ1v) is 5.71. The van der Waals surface area contributed by atoms with E-state index in [0.29, 0.717) is 17.2 Å². The van der Waals surface area contributed by atoms with Gasteiger partial charge in [-0.05, 0) is 12.1 Å². The lowest BCUT2D eigenvalue weighted by Crippen LogP contribution is -2.07.